The molecule has 5 rings (SSSR count). The molecule has 5 amide bonds. The van der Waals surface area contributed by atoms with Crippen LogP contribution in [0.25, 0.3) is 10.9 Å². The van der Waals surface area contributed by atoms with Crippen molar-refractivity contribution < 1.29 is 76.7 Å². The Morgan fingerprint density at radius 3 is 1.92 bits per heavy atom. The van der Waals surface area contributed by atoms with Crippen LogP contribution in [0.3, 0.4) is 0 Å². The highest BCUT2D eigenvalue weighted by molar-refractivity contribution is 6.07. The fraction of sp³-hybridized carbons (Fsp3) is 0.612. The Balaban J connectivity index is 1.09. The van der Waals surface area contributed by atoms with E-state index in [1.165, 1.54) is 19.2 Å². The number of fused-ring (bicyclic) bond motifs is 1. The number of alkyl halides is 2. The molecule has 27 heteroatoms. The summed E-state index contributed by atoms with van der Waals surface area (Å²) in [4.78, 5) is 127. The molecule has 0 saturated carbocycles. The van der Waals surface area contributed by atoms with Crippen molar-refractivity contribution in [2.45, 2.75) is 69.5 Å². The molecule has 3 fully saturated rings. The van der Waals surface area contributed by atoms with Gasteiger partial charge in [-0.05, 0) is 62.8 Å². The Labute approximate surface area is 437 Å². The van der Waals surface area contributed by atoms with E-state index in [0.29, 0.717) is 55.6 Å². The van der Waals surface area contributed by atoms with E-state index in [9.17, 15) is 72.5 Å². The van der Waals surface area contributed by atoms with E-state index < -0.39 is 103 Å². The van der Waals surface area contributed by atoms with E-state index in [0.717, 1.165) is 18.4 Å². The first-order valence-corrected chi connectivity index (χ1v) is 25.0. The molecular weight excluding hydrogens is 1000 g/mol. The smallest absolute Gasteiger partial charge is 0.317 e. The number of ether oxygens (including phenoxy) is 2. The van der Waals surface area contributed by atoms with E-state index >= 15 is 0 Å². The van der Waals surface area contributed by atoms with Gasteiger partial charge in [0.2, 0.25) is 23.6 Å². The number of benzene rings is 1. The highest BCUT2D eigenvalue weighted by Gasteiger charge is 2.47. The Hall–Kier alpha value is -7.15. The summed E-state index contributed by atoms with van der Waals surface area (Å²) in [6.45, 7) is 1.12. The normalized spacial score (nSPS) is 19.2. The number of esters is 1. The predicted molar refractivity (Wildman–Crippen MR) is 264 cm³/mol. The number of nitriles is 1. The number of pyridine rings is 1. The molecule has 0 unspecified atom stereocenters. The minimum absolute atomic E-state index is 0.173. The van der Waals surface area contributed by atoms with Gasteiger partial charge in [0.1, 0.15) is 23.9 Å². The van der Waals surface area contributed by atoms with Crippen LogP contribution in [0.2, 0.25) is 0 Å². The van der Waals surface area contributed by atoms with Crippen LogP contribution in [0.5, 0.6) is 5.75 Å². The maximum atomic E-state index is 13.9. The number of aliphatic carboxylic acids is 3. The fourth-order valence-electron chi connectivity index (χ4n) is 9.27. The van der Waals surface area contributed by atoms with E-state index in [2.05, 4.69) is 20.9 Å². The topological polar surface area (TPSA) is 325 Å². The van der Waals surface area contributed by atoms with Gasteiger partial charge in [-0.1, -0.05) is 0 Å². The molecule has 76 heavy (non-hydrogen) atoms. The average molecular weight is 1070 g/mol. The molecular formula is C49H67F2N11O14. The minimum atomic E-state index is -3.19. The third-order valence-corrected chi connectivity index (χ3v) is 13.4. The van der Waals surface area contributed by atoms with Crippen LogP contribution in [-0.2, 0) is 43.1 Å². The van der Waals surface area contributed by atoms with Crippen molar-refractivity contribution in [3.05, 3.63) is 36.0 Å². The van der Waals surface area contributed by atoms with Gasteiger partial charge in [-0.3, -0.25) is 67.7 Å². The van der Waals surface area contributed by atoms with Gasteiger partial charge in [0.25, 0.3) is 11.8 Å². The van der Waals surface area contributed by atoms with E-state index in [-0.39, 0.29) is 90.0 Å². The summed E-state index contributed by atoms with van der Waals surface area (Å²) in [5.41, 5.74) is 0.648. The quantitative estimate of drug-likeness (QED) is 0.0618. The van der Waals surface area contributed by atoms with Crippen molar-refractivity contribution in [1.29, 1.82) is 5.26 Å². The van der Waals surface area contributed by atoms with Crippen LogP contribution in [0, 0.1) is 17.2 Å². The molecule has 3 aliphatic heterocycles. The molecule has 0 aliphatic carbocycles. The molecule has 416 valence electrons. The number of carboxylic acids is 3. The number of carbonyl (C=O) groups excluding carboxylic acids is 6. The summed E-state index contributed by atoms with van der Waals surface area (Å²) in [6, 6.07) is 4.39. The molecule has 3 atom stereocenters. The number of amides is 5. The predicted octanol–water partition coefficient (Wildman–Crippen LogP) is -0.850. The summed E-state index contributed by atoms with van der Waals surface area (Å²) in [5.74, 6) is -9.85. The molecule has 6 N–H and O–H groups in total. The summed E-state index contributed by atoms with van der Waals surface area (Å²) >= 11 is 0. The van der Waals surface area contributed by atoms with Crippen molar-refractivity contribution in [3.63, 3.8) is 0 Å². The van der Waals surface area contributed by atoms with Crippen molar-refractivity contribution in [3.8, 4) is 11.8 Å². The first-order valence-electron chi connectivity index (χ1n) is 25.0. The Bertz CT molecular complexity index is 2420. The summed E-state index contributed by atoms with van der Waals surface area (Å²) in [5, 5.41) is 45.8. The Kier molecular flexibility index (Phi) is 22.5. The van der Waals surface area contributed by atoms with Crippen LogP contribution in [0.15, 0.2) is 30.5 Å². The number of nitrogens with one attached hydrogen (secondary N) is 3. The van der Waals surface area contributed by atoms with Crippen molar-refractivity contribution in [2.75, 3.05) is 118 Å². The summed E-state index contributed by atoms with van der Waals surface area (Å²) < 4.78 is 38.6. The van der Waals surface area contributed by atoms with Crippen LogP contribution in [0.1, 0.15) is 55.8 Å². The van der Waals surface area contributed by atoms with Crippen molar-refractivity contribution in [1.82, 2.24) is 50.3 Å². The number of likely N-dealkylation sites (tertiary alicyclic amines) is 2. The number of hydrogen-bond acceptors (Lipinski definition) is 17. The second kappa shape index (κ2) is 28.7. The first-order chi connectivity index (χ1) is 36.1. The molecule has 3 saturated heterocycles. The van der Waals surface area contributed by atoms with E-state index in [4.69, 9.17) is 9.47 Å². The van der Waals surface area contributed by atoms with E-state index in [1.54, 1.807) is 48.8 Å². The second-order valence-electron chi connectivity index (χ2n) is 19.1. The lowest BCUT2D eigenvalue weighted by atomic mass is 9.92. The monoisotopic (exact) mass is 1070 g/mol. The Morgan fingerprint density at radius 2 is 1.38 bits per heavy atom. The van der Waals surface area contributed by atoms with Crippen LogP contribution >= 0.6 is 0 Å². The SMILES string of the molecule is COC(=O)C[C@H](NC(=O)[C@H](C)NC(=O)CN1CCN(CC(=O)O)CCN(CC(=O)O)CCN(CC(=O)O)CC1)C(=O)N1CCC(CCCOc2ccc3nccc(C(=O)NCC(=O)N4CC(F)(F)C[C@@H]4C#N)c3c2)CC1. The number of methoxy groups -OCH3 is 1. The number of carbonyl (C=O) groups is 9. The van der Waals surface area contributed by atoms with Gasteiger partial charge in [0, 0.05) is 83.5 Å². The van der Waals surface area contributed by atoms with Gasteiger partial charge < -0.3 is 50.5 Å². The number of aromatic nitrogens is 1. The summed E-state index contributed by atoms with van der Waals surface area (Å²) in [7, 11) is 1.15. The van der Waals surface area contributed by atoms with Gasteiger partial charge in [-0.2, -0.15) is 5.26 Å². The number of nitrogens with zero attached hydrogens (tertiary/aromatic N) is 8. The van der Waals surface area contributed by atoms with Gasteiger partial charge in [-0.25, -0.2) is 8.78 Å². The highest BCUT2D eigenvalue weighted by atomic mass is 19.3. The lowest BCUT2D eigenvalue weighted by molar-refractivity contribution is -0.146. The zero-order chi connectivity index (χ0) is 55.5. The van der Waals surface area contributed by atoms with E-state index in [1.807, 2.05) is 0 Å². The van der Waals surface area contributed by atoms with Crippen LogP contribution in [0.4, 0.5) is 8.78 Å². The number of piperidine rings is 1. The largest absolute Gasteiger partial charge is 0.494 e. The third-order valence-electron chi connectivity index (χ3n) is 13.4. The molecule has 25 nitrogen and oxygen atoms in total. The molecule has 0 bridgehead atoms. The summed E-state index contributed by atoms with van der Waals surface area (Å²) in [6.07, 6.45) is 2.82. The zero-order valence-electron chi connectivity index (χ0n) is 42.6. The van der Waals surface area contributed by atoms with Crippen molar-refractivity contribution in [2.24, 2.45) is 5.92 Å². The molecule has 0 radical (unpaired) electrons. The van der Waals surface area contributed by atoms with Gasteiger partial charge in [-0.15, -0.1) is 0 Å². The molecule has 1 aromatic carbocycles. The number of carboxylic acid groups (broad SMARTS) is 3. The maximum absolute atomic E-state index is 13.9. The number of halogens is 2. The maximum Gasteiger partial charge on any atom is 0.317 e. The molecule has 0 spiro atoms. The number of hydrogen-bond donors (Lipinski definition) is 6. The Morgan fingerprint density at radius 1 is 0.816 bits per heavy atom. The molecule has 3 aliphatic rings. The standard InChI is InChI=1S/C49H67F2N11O14/c1-32(55-40(63)27-57-13-15-58(28-42(65)66)17-19-60(30-44(69)70)20-18-59(16-14-57)29-43(67)68)46(72)56-39(23-45(71)75-2)48(74)61-11-8-33(9-12-61)4-3-21-76-35-5-6-38-37(22-35)36(7-10-53-38)47(73)54-26-41(64)62-31-49(50,51)24-34(62)25-52/h5-7,10,22,32-34,39H,3-4,8-9,11-21,23-24,26-31H2,1-2H3,(H,54,73)(H,55,63)(H,56,72)(H,65,66)(H,67,68)(H,69,70)/t32-,34+,39-/m0/s1. The second-order valence-corrected chi connectivity index (χ2v) is 19.1. The van der Waals surface area contributed by atoms with Gasteiger partial charge >= 0.3 is 23.9 Å². The van der Waals surface area contributed by atoms with Gasteiger partial charge in [0.05, 0.1) is 76.6 Å². The zero-order valence-corrected chi connectivity index (χ0v) is 42.6. The third kappa shape index (κ3) is 18.9. The molecule has 2 aromatic rings. The molecule has 1 aromatic heterocycles. The molecule has 4 heterocycles. The average Bonchev–Trinajstić information content (AvgIpc) is 3.70. The van der Waals surface area contributed by atoms with Crippen LogP contribution in [-0.4, -0.2) is 246 Å². The highest BCUT2D eigenvalue weighted by Crippen LogP contribution is 2.32. The first kappa shape index (κ1) is 59.7. The van der Waals surface area contributed by atoms with Crippen LogP contribution < -0.4 is 20.7 Å². The lowest BCUT2D eigenvalue weighted by Gasteiger charge is -2.34. The van der Waals surface area contributed by atoms with Crippen molar-refractivity contribution >= 4 is 64.3 Å². The number of rotatable bonds is 22. The minimum Gasteiger partial charge on any atom is -0.494 e. The lowest BCUT2D eigenvalue weighted by Crippen LogP contribution is -2.56. The van der Waals surface area contributed by atoms with Gasteiger partial charge in [0.15, 0.2) is 0 Å². The fourth-order valence-corrected chi connectivity index (χ4v) is 9.27.